The molecule has 0 aliphatic rings. The zero-order valence-corrected chi connectivity index (χ0v) is 16.1. The molecular formula is C20H31NO4. The average Bonchev–Trinajstić information content (AvgIpc) is 2.65. The van der Waals surface area contributed by atoms with Gasteiger partial charge < -0.3 is 19.5 Å². The summed E-state index contributed by atoms with van der Waals surface area (Å²) in [4.78, 5) is 12.1. The number of carbonyl (C=O) groups excluding carboxylic acids is 1. The molecule has 0 aliphatic carbocycles. The van der Waals surface area contributed by atoms with Crippen molar-refractivity contribution in [2.45, 2.75) is 39.5 Å². The summed E-state index contributed by atoms with van der Waals surface area (Å²) < 4.78 is 15.9. The Labute approximate surface area is 151 Å². The molecule has 1 amide bonds. The summed E-state index contributed by atoms with van der Waals surface area (Å²) in [7, 11) is 4.70. The maximum absolute atomic E-state index is 12.1. The van der Waals surface area contributed by atoms with Gasteiger partial charge in [0.25, 0.3) is 0 Å². The molecule has 0 spiro atoms. The monoisotopic (exact) mass is 349 g/mol. The third-order valence-corrected chi connectivity index (χ3v) is 4.22. The molecule has 1 rings (SSSR count). The topological polar surface area (TPSA) is 56.8 Å². The standard InChI is InChI=1S/C20H31NO4/c1-6-8-9-15(7-2)14-21-19(22)11-10-16-12-17(23-3)20(25-5)18(13-16)24-4/h10-13,15H,6-9,14H2,1-5H3,(H,21,22)/b11-10+. The van der Waals surface area contributed by atoms with E-state index in [4.69, 9.17) is 14.2 Å². The van der Waals surface area contributed by atoms with Crippen LogP contribution < -0.4 is 19.5 Å². The number of hydrogen-bond donors (Lipinski definition) is 1. The highest BCUT2D eigenvalue weighted by atomic mass is 16.5. The van der Waals surface area contributed by atoms with Gasteiger partial charge in [-0.25, -0.2) is 0 Å². The number of benzene rings is 1. The van der Waals surface area contributed by atoms with E-state index in [0.717, 1.165) is 24.9 Å². The molecule has 5 nitrogen and oxygen atoms in total. The highest BCUT2D eigenvalue weighted by molar-refractivity contribution is 5.91. The number of hydrogen-bond acceptors (Lipinski definition) is 4. The second-order valence-corrected chi connectivity index (χ2v) is 5.95. The summed E-state index contributed by atoms with van der Waals surface area (Å²) in [5, 5.41) is 2.98. The molecule has 1 N–H and O–H groups in total. The Kier molecular flexibility index (Phi) is 9.51. The maximum atomic E-state index is 12.1. The fraction of sp³-hybridized carbons (Fsp3) is 0.550. The maximum Gasteiger partial charge on any atom is 0.244 e. The minimum absolute atomic E-state index is 0.0938. The average molecular weight is 349 g/mol. The normalized spacial score (nSPS) is 12.0. The molecule has 0 saturated heterocycles. The van der Waals surface area contributed by atoms with Gasteiger partial charge in [0.05, 0.1) is 21.3 Å². The van der Waals surface area contributed by atoms with Gasteiger partial charge in [0.15, 0.2) is 11.5 Å². The van der Waals surface area contributed by atoms with E-state index in [1.165, 1.54) is 18.9 Å². The van der Waals surface area contributed by atoms with Gasteiger partial charge in [-0.15, -0.1) is 0 Å². The number of ether oxygens (including phenoxy) is 3. The Morgan fingerprint density at radius 2 is 1.76 bits per heavy atom. The second-order valence-electron chi connectivity index (χ2n) is 5.95. The largest absolute Gasteiger partial charge is 0.493 e. The van der Waals surface area contributed by atoms with Crippen LogP contribution in [0.3, 0.4) is 0 Å². The van der Waals surface area contributed by atoms with Crippen molar-refractivity contribution in [3.63, 3.8) is 0 Å². The molecular weight excluding hydrogens is 318 g/mol. The predicted octanol–water partition coefficient (Wildman–Crippen LogP) is 4.06. The number of unbranched alkanes of at least 4 members (excludes halogenated alkanes) is 1. The number of amides is 1. The fourth-order valence-corrected chi connectivity index (χ4v) is 2.62. The summed E-state index contributed by atoms with van der Waals surface area (Å²) in [6.45, 7) is 5.07. The fourth-order valence-electron chi connectivity index (χ4n) is 2.62. The van der Waals surface area contributed by atoms with E-state index >= 15 is 0 Å². The third kappa shape index (κ3) is 6.69. The zero-order chi connectivity index (χ0) is 18.7. The first-order valence-corrected chi connectivity index (χ1v) is 8.85. The van der Waals surface area contributed by atoms with Crippen molar-refractivity contribution in [3.8, 4) is 17.2 Å². The quantitative estimate of drug-likeness (QED) is 0.612. The van der Waals surface area contributed by atoms with E-state index in [1.807, 2.05) is 0 Å². The Balaban J connectivity index is 2.72. The first kappa shape index (κ1) is 20.9. The first-order chi connectivity index (χ1) is 12.1. The summed E-state index contributed by atoms with van der Waals surface area (Å²) >= 11 is 0. The van der Waals surface area contributed by atoms with Crippen LogP contribution in [-0.4, -0.2) is 33.8 Å². The van der Waals surface area contributed by atoms with Crippen LogP contribution in [0.4, 0.5) is 0 Å². The molecule has 0 aromatic heterocycles. The molecule has 0 fully saturated rings. The van der Waals surface area contributed by atoms with Crippen molar-refractivity contribution >= 4 is 12.0 Å². The molecule has 0 saturated carbocycles. The Hall–Kier alpha value is -2.17. The Morgan fingerprint density at radius 3 is 2.24 bits per heavy atom. The van der Waals surface area contributed by atoms with Gasteiger partial charge in [-0.05, 0) is 36.1 Å². The second kappa shape index (κ2) is 11.4. The molecule has 1 atom stereocenters. The number of rotatable bonds is 11. The van der Waals surface area contributed by atoms with Gasteiger partial charge in [0.1, 0.15) is 0 Å². The molecule has 1 aromatic rings. The van der Waals surface area contributed by atoms with Crippen LogP contribution in [0.2, 0.25) is 0 Å². The van der Waals surface area contributed by atoms with E-state index < -0.39 is 0 Å². The van der Waals surface area contributed by atoms with Gasteiger partial charge in [-0.3, -0.25) is 4.79 Å². The van der Waals surface area contributed by atoms with Crippen LogP contribution in [0.5, 0.6) is 17.2 Å². The Bertz CT molecular complexity index is 544. The van der Waals surface area contributed by atoms with Gasteiger partial charge in [0, 0.05) is 12.6 Å². The predicted molar refractivity (Wildman–Crippen MR) is 101 cm³/mol. The highest BCUT2D eigenvalue weighted by Crippen LogP contribution is 2.38. The smallest absolute Gasteiger partial charge is 0.244 e. The molecule has 5 heteroatoms. The lowest BCUT2D eigenvalue weighted by atomic mass is 9.99. The summed E-state index contributed by atoms with van der Waals surface area (Å²) in [5.41, 5.74) is 0.808. The van der Waals surface area contributed by atoms with E-state index in [2.05, 4.69) is 19.2 Å². The zero-order valence-electron chi connectivity index (χ0n) is 16.1. The summed E-state index contributed by atoms with van der Waals surface area (Å²) in [6, 6.07) is 3.61. The molecule has 25 heavy (non-hydrogen) atoms. The van der Waals surface area contributed by atoms with E-state index in [1.54, 1.807) is 39.5 Å². The molecule has 1 aromatic carbocycles. The lowest BCUT2D eigenvalue weighted by molar-refractivity contribution is -0.116. The van der Waals surface area contributed by atoms with Gasteiger partial charge >= 0.3 is 0 Å². The van der Waals surface area contributed by atoms with Crippen LogP contribution in [-0.2, 0) is 4.79 Å². The molecule has 140 valence electrons. The van der Waals surface area contributed by atoms with Crippen LogP contribution in [0.15, 0.2) is 18.2 Å². The number of methoxy groups -OCH3 is 3. The minimum Gasteiger partial charge on any atom is -0.493 e. The van der Waals surface area contributed by atoms with E-state index in [-0.39, 0.29) is 5.91 Å². The van der Waals surface area contributed by atoms with Crippen LogP contribution in [0, 0.1) is 5.92 Å². The van der Waals surface area contributed by atoms with Crippen molar-refractivity contribution in [1.82, 2.24) is 5.32 Å². The number of nitrogens with one attached hydrogen (secondary N) is 1. The van der Waals surface area contributed by atoms with Crippen molar-refractivity contribution < 1.29 is 19.0 Å². The first-order valence-electron chi connectivity index (χ1n) is 8.85. The number of carbonyl (C=O) groups is 1. The van der Waals surface area contributed by atoms with Crippen molar-refractivity contribution in [2.24, 2.45) is 5.92 Å². The van der Waals surface area contributed by atoms with Gasteiger partial charge in [-0.1, -0.05) is 33.1 Å². The van der Waals surface area contributed by atoms with Crippen molar-refractivity contribution in [3.05, 3.63) is 23.8 Å². The lowest BCUT2D eigenvalue weighted by Gasteiger charge is -2.14. The molecule has 0 heterocycles. The van der Waals surface area contributed by atoms with Crippen LogP contribution in [0.25, 0.3) is 6.08 Å². The van der Waals surface area contributed by atoms with Crippen molar-refractivity contribution in [1.29, 1.82) is 0 Å². The molecule has 0 aliphatic heterocycles. The summed E-state index contributed by atoms with van der Waals surface area (Å²) in [6.07, 6.45) is 7.90. The highest BCUT2D eigenvalue weighted by Gasteiger charge is 2.12. The molecule has 1 unspecified atom stereocenters. The molecule has 0 bridgehead atoms. The van der Waals surface area contributed by atoms with E-state index in [9.17, 15) is 4.79 Å². The van der Waals surface area contributed by atoms with Gasteiger partial charge in [-0.2, -0.15) is 0 Å². The van der Waals surface area contributed by atoms with E-state index in [0.29, 0.717) is 23.2 Å². The van der Waals surface area contributed by atoms with Crippen LogP contribution >= 0.6 is 0 Å². The Morgan fingerprint density at radius 1 is 1.12 bits per heavy atom. The van der Waals surface area contributed by atoms with Gasteiger partial charge in [0.2, 0.25) is 11.7 Å². The lowest BCUT2D eigenvalue weighted by Crippen LogP contribution is -2.27. The minimum atomic E-state index is -0.0938. The van der Waals surface area contributed by atoms with Crippen LogP contribution in [0.1, 0.15) is 45.1 Å². The molecule has 0 radical (unpaired) electrons. The summed E-state index contributed by atoms with van der Waals surface area (Å²) in [5.74, 6) is 2.11. The van der Waals surface area contributed by atoms with Crippen molar-refractivity contribution in [2.75, 3.05) is 27.9 Å². The SMILES string of the molecule is CCCCC(CC)CNC(=O)/C=C/c1cc(OC)c(OC)c(OC)c1. The third-order valence-electron chi connectivity index (χ3n) is 4.22.